The molecule has 2 aliphatic carbocycles. The second-order valence-electron chi connectivity index (χ2n) is 17.1. The van der Waals surface area contributed by atoms with Gasteiger partial charge >= 0.3 is 81.6 Å². The van der Waals surface area contributed by atoms with Crippen molar-refractivity contribution in [3.05, 3.63) is 178 Å². The standard InChI is InChI=1S/C54H50N4.4BrH.2Pd/c1-31(2)39-19-13-20-40(32(3)4)49(39)57-53-45-25-11-17-35-15-9-23-43(47(35)45)51(53)55-37-27-29-38(30-28-37)56-52-44-24-10-16-36-18-12-26-46(48(36)44)54(52)58-50-41(33(5)6)21-14-22-42(50)34(7)8;;;;;;/h9-34H,1-8H3;4*1H;;/q;;;;;2*+2/p-4. The quantitative estimate of drug-likeness (QED) is 0.136. The van der Waals surface area contributed by atoms with Crippen molar-refractivity contribution in [2.75, 3.05) is 0 Å². The Bertz CT molecular complexity index is 2690. The van der Waals surface area contributed by atoms with Crippen LogP contribution in [0.1, 0.15) is 124 Å². The Balaban J connectivity index is 0.000000968. The van der Waals surface area contributed by atoms with Gasteiger partial charge in [-0.3, -0.25) is 0 Å². The van der Waals surface area contributed by atoms with E-state index in [0.717, 1.165) is 67.9 Å². The number of hydrogen-bond donors (Lipinski definition) is 0. The van der Waals surface area contributed by atoms with Crippen molar-refractivity contribution in [2.45, 2.75) is 79.1 Å². The second kappa shape index (κ2) is 22.2. The zero-order valence-corrected chi connectivity index (χ0v) is 46.4. The summed E-state index contributed by atoms with van der Waals surface area (Å²) in [6.07, 6.45) is 0. The maximum absolute atomic E-state index is 5.57. The maximum atomic E-state index is 5.57. The van der Waals surface area contributed by atoms with Crippen molar-refractivity contribution < 1.29 is 27.9 Å². The van der Waals surface area contributed by atoms with Crippen LogP contribution in [0, 0.1) is 0 Å². The van der Waals surface area contributed by atoms with Gasteiger partial charge in [0.25, 0.3) is 0 Å². The van der Waals surface area contributed by atoms with Gasteiger partial charge in [-0.1, -0.05) is 165 Å². The van der Waals surface area contributed by atoms with Crippen molar-refractivity contribution in [1.29, 1.82) is 0 Å². The van der Waals surface area contributed by atoms with Gasteiger partial charge in [0.1, 0.15) is 0 Å². The number of nitrogens with zero attached hydrogens (tertiary/aromatic N) is 4. The van der Waals surface area contributed by atoms with Crippen molar-refractivity contribution in [1.82, 2.24) is 0 Å². The summed E-state index contributed by atoms with van der Waals surface area (Å²) in [4.78, 5) is 21.9. The van der Waals surface area contributed by atoms with Crippen LogP contribution < -0.4 is 0 Å². The molecule has 64 heavy (non-hydrogen) atoms. The Morgan fingerprint density at radius 3 is 0.812 bits per heavy atom. The number of rotatable bonds is 8. The topological polar surface area (TPSA) is 49.4 Å². The van der Waals surface area contributed by atoms with Crippen LogP contribution in [0.25, 0.3) is 21.5 Å². The number of aliphatic imine (C=N–C) groups is 4. The summed E-state index contributed by atoms with van der Waals surface area (Å²) in [6, 6.07) is 47.6. The summed E-state index contributed by atoms with van der Waals surface area (Å²) in [5.74, 6) is 1.33. The van der Waals surface area contributed by atoms with Gasteiger partial charge in [0.05, 0.1) is 45.6 Å². The molecule has 0 saturated carbocycles. The molecule has 0 fully saturated rings. The van der Waals surface area contributed by atoms with Gasteiger partial charge < -0.3 is 0 Å². The monoisotopic (exact) mass is 1280 g/mol. The van der Waals surface area contributed by atoms with Crippen molar-refractivity contribution >= 4 is 121 Å². The SMILES string of the molecule is CC(C)c1cccc(C(C)C)c1N=C1C(=Nc2ccc(N=C3C(=Nc4c(C(C)C)cccc4C(C)C)c4cccc5cccc3c45)cc2)c2cccc3cccc1c23.[Br][Pd][Br].[Br][Pd][Br]. The average Bonchev–Trinajstić information content (AvgIpc) is 3.74. The Hall–Kier alpha value is -3.02. The molecule has 9 rings (SSSR count). The fourth-order valence-corrected chi connectivity index (χ4v) is 8.80. The van der Waals surface area contributed by atoms with E-state index in [-0.39, 0.29) is 0 Å². The van der Waals surface area contributed by atoms with Crippen LogP contribution in [0.4, 0.5) is 22.7 Å². The Labute approximate surface area is 421 Å². The second-order valence-corrected chi connectivity index (χ2v) is 31.4. The molecule has 7 aromatic rings. The first-order valence-electron chi connectivity index (χ1n) is 21.3. The molecule has 0 amide bonds. The Kier molecular flexibility index (Phi) is 17.0. The first-order chi connectivity index (χ1) is 30.9. The molecular formula is C54H50Br4N4Pd2. The number of benzene rings is 7. The van der Waals surface area contributed by atoms with Crippen molar-refractivity contribution in [2.24, 2.45) is 20.0 Å². The molecule has 4 nitrogen and oxygen atoms in total. The van der Waals surface area contributed by atoms with Crippen molar-refractivity contribution in [3.63, 3.8) is 0 Å². The molecule has 0 heterocycles. The molecule has 10 heteroatoms. The van der Waals surface area contributed by atoms with Crippen LogP contribution in [0.2, 0.25) is 0 Å². The summed E-state index contributed by atoms with van der Waals surface area (Å²) in [5, 5.41) is 4.81. The molecule has 0 aliphatic heterocycles. The van der Waals surface area contributed by atoms with E-state index in [4.69, 9.17) is 20.0 Å². The van der Waals surface area contributed by atoms with Crippen LogP contribution in [0.15, 0.2) is 153 Å². The fourth-order valence-electron chi connectivity index (χ4n) is 8.80. The molecule has 0 unspecified atom stereocenters. The first-order valence-corrected chi connectivity index (χ1v) is 35.5. The molecule has 0 saturated heterocycles. The van der Waals surface area contributed by atoms with Gasteiger partial charge in [-0.05, 0) is 81.0 Å². The van der Waals surface area contributed by atoms with E-state index in [0.29, 0.717) is 51.6 Å². The zero-order chi connectivity index (χ0) is 45.7. The van der Waals surface area contributed by atoms with Gasteiger partial charge in [0, 0.05) is 33.0 Å². The van der Waals surface area contributed by atoms with E-state index in [2.05, 4.69) is 243 Å². The van der Waals surface area contributed by atoms with Crippen LogP contribution >= 0.6 is 53.7 Å². The summed E-state index contributed by atoms with van der Waals surface area (Å²) in [7, 11) is 0. The van der Waals surface area contributed by atoms with E-state index in [1.165, 1.54) is 43.8 Å². The van der Waals surface area contributed by atoms with Crippen LogP contribution in [-0.2, 0) is 27.9 Å². The van der Waals surface area contributed by atoms with Crippen LogP contribution in [-0.4, -0.2) is 22.8 Å². The molecule has 0 N–H and O–H groups in total. The molecule has 2 aliphatic rings. The number of para-hydroxylation sites is 2. The Morgan fingerprint density at radius 1 is 0.328 bits per heavy atom. The van der Waals surface area contributed by atoms with E-state index < -0.39 is 0 Å². The van der Waals surface area contributed by atoms with Crippen molar-refractivity contribution in [3.8, 4) is 0 Å². The normalized spacial score (nSPS) is 15.5. The predicted molar refractivity (Wildman–Crippen MR) is 284 cm³/mol. The fraction of sp³-hybridized carbons (Fsp3) is 0.222. The van der Waals surface area contributed by atoms with Gasteiger partial charge in [0.2, 0.25) is 0 Å². The summed E-state index contributed by atoms with van der Waals surface area (Å²) in [5.41, 5.74) is 17.0. The minimum absolute atomic E-state index is 0.333. The van der Waals surface area contributed by atoms with Crippen LogP contribution in [0.5, 0.6) is 0 Å². The molecule has 0 aromatic heterocycles. The minimum atomic E-state index is 0.333. The molecule has 0 radical (unpaired) electrons. The third kappa shape index (κ3) is 10.3. The molecule has 334 valence electrons. The molecule has 7 aromatic carbocycles. The van der Waals surface area contributed by atoms with Crippen LogP contribution in [0.3, 0.4) is 0 Å². The van der Waals surface area contributed by atoms with E-state index in [9.17, 15) is 0 Å². The molecule has 0 bridgehead atoms. The number of halogens is 4. The molecule has 0 spiro atoms. The van der Waals surface area contributed by atoms with Gasteiger partial charge in [0.15, 0.2) is 0 Å². The number of hydrogen-bond acceptors (Lipinski definition) is 4. The summed E-state index contributed by atoms with van der Waals surface area (Å²) >= 11 is 13.6. The first kappa shape index (κ1) is 48.9. The Morgan fingerprint density at radius 2 is 0.562 bits per heavy atom. The summed E-state index contributed by atoms with van der Waals surface area (Å²) in [6.45, 7) is 18.0. The average molecular weight is 1290 g/mol. The van der Waals surface area contributed by atoms with Gasteiger partial charge in [-0.2, -0.15) is 0 Å². The summed E-state index contributed by atoms with van der Waals surface area (Å²) < 4.78 is 0. The van der Waals surface area contributed by atoms with E-state index in [1.54, 1.807) is 0 Å². The van der Waals surface area contributed by atoms with E-state index in [1.807, 2.05) is 0 Å². The molecular weight excluding hydrogens is 1240 g/mol. The zero-order valence-electron chi connectivity index (χ0n) is 36.9. The third-order valence-corrected chi connectivity index (χ3v) is 11.7. The third-order valence-electron chi connectivity index (χ3n) is 11.7. The molecule has 0 atom stereocenters. The van der Waals surface area contributed by atoms with E-state index >= 15 is 0 Å². The predicted octanol–water partition coefficient (Wildman–Crippen LogP) is 18.4. The van der Waals surface area contributed by atoms with Gasteiger partial charge in [-0.25, -0.2) is 20.0 Å². The van der Waals surface area contributed by atoms with Gasteiger partial charge in [-0.15, -0.1) is 0 Å².